The highest BCUT2D eigenvalue weighted by Gasteiger charge is 2.36. The molecule has 0 saturated carbocycles. The normalized spacial score (nSPS) is 14.9. The van der Waals surface area contributed by atoms with Gasteiger partial charge in [0.2, 0.25) is 0 Å². The molecule has 12 heteroatoms. The van der Waals surface area contributed by atoms with Crippen molar-refractivity contribution in [3.05, 3.63) is 71.5 Å². The van der Waals surface area contributed by atoms with Crippen molar-refractivity contribution in [3.63, 3.8) is 0 Å². The second-order valence-electron chi connectivity index (χ2n) is 7.69. The van der Waals surface area contributed by atoms with E-state index in [1.807, 2.05) is 4.90 Å². The maximum atomic E-state index is 13.4. The van der Waals surface area contributed by atoms with Gasteiger partial charge in [-0.15, -0.1) is 0 Å². The van der Waals surface area contributed by atoms with Gasteiger partial charge >= 0.3 is 6.18 Å². The van der Waals surface area contributed by atoms with Gasteiger partial charge in [-0.05, 0) is 42.8 Å². The van der Waals surface area contributed by atoms with Crippen molar-refractivity contribution < 1.29 is 22.8 Å². The summed E-state index contributed by atoms with van der Waals surface area (Å²) >= 11 is 4.95. The largest absolute Gasteiger partial charge is 0.435 e. The lowest BCUT2D eigenvalue weighted by atomic mass is 10.2. The monoisotopic (exact) mass is 502 g/mol. The van der Waals surface area contributed by atoms with E-state index in [2.05, 4.69) is 15.6 Å². The molecule has 1 saturated heterocycles. The van der Waals surface area contributed by atoms with Crippen LogP contribution in [0.15, 0.2) is 59.8 Å². The first-order valence-corrected chi connectivity index (χ1v) is 10.9. The fourth-order valence-corrected chi connectivity index (χ4v) is 3.85. The van der Waals surface area contributed by atoms with E-state index in [1.165, 1.54) is 19.2 Å². The van der Waals surface area contributed by atoms with E-state index in [-0.39, 0.29) is 16.4 Å². The van der Waals surface area contributed by atoms with Crippen LogP contribution < -0.4 is 16.0 Å². The minimum absolute atomic E-state index is 0.0675. The highest BCUT2D eigenvalue weighted by molar-refractivity contribution is 7.80. The average Bonchev–Trinajstić information content (AvgIpc) is 3.47. The predicted octanol–water partition coefficient (Wildman–Crippen LogP) is 4.34. The van der Waals surface area contributed by atoms with Gasteiger partial charge in [-0.2, -0.15) is 18.3 Å². The number of halogens is 3. The number of anilines is 2. The molecule has 1 fully saturated rings. The van der Waals surface area contributed by atoms with Crippen LogP contribution in [-0.4, -0.2) is 40.2 Å². The van der Waals surface area contributed by atoms with Crippen molar-refractivity contribution in [1.29, 1.82) is 0 Å². The van der Waals surface area contributed by atoms with Crippen LogP contribution in [0.3, 0.4) is 0 Å². The molecule has 1 aliphatic heterocycles. The van der Waals surface area contributed by atoms with Crippen molar-refractivity contribution in [3.8, 4) is 5.69 Å². The van der Waals surface area contributed by atoms with Crippen molar-refractivity contribution >= 4 is 40.3 Å². The Hall–Kier alpha value is -3.93. The molecule has 0 bridgehead atoms. The summed E-state index contributed by atoms with van der Waals surface area (Å²) in [6.07, 6.45) is -3.02. The van der Waals surface area contributed by atoms with Crippen molar-refractivity contribution in [2.75, 3.05) is 23.9 Å². The van der Waals surface area contributed by atoms with Gasteiger partial charge in [-0.1, -0.05) is 29.5 Å². The smallest absolute Gasteiger partial charge is 0.398 e. The van der Waals surface area contributed by atoms with Gasteiger partial charge in [0.1, 0.15) is 23.6 Å². The first-order valence-electron chi connectivity index (χ1n) is 10.5. The first-order chi connectivity index (χ1) is 16.7. The zero-order chi connectivity index (χ0) is 25.2. The molecule has 3 aromatic rings. The summed E-state index contributed by atoms with van der Waals surface area (Å²) in [7, 11) is 1.48. The summed E-state index contributed by atoms with van der Waals surface area (Å²) in [4.78, 5) is 20.0. The number of nitrogens with zero attached hydrogens (tertiary/aromatic N) is 4. The number of amides is 1. The first kappa shape index (κ1) is 24.2. The van der Waals surface area contributed by atoms with Crippen LogP contribution in [0.25, 0.3) is 5.69 Å². The number of benzene rings is 2. The number of hydrogen-bond acceptors (Lipinski definition) is 5. The van der Waals surface area contributed by atoms with Gasteiger partial charge < -0.3 is 20.8 Å². The molecule has 182 valence electrons. The molecule has 3 N–H and O–H groups in total. The molecule has 4 rings (SSSR count). The van der Waals surface area contributed by atoms with Crippen molar-refractivity contribution in [2.24, 2.45) is 10.9 Å². The molecule has 8 nitrogen and oxygen atoms in total. The molecular weight excluding hydrogens is 481 g/mol. The van der Waals surface area contributed by atoms with Crippen molar-refractivity contribution in [2.45, 2.75) is 19.0 Å². The number of thiocarbonyl (C=S) groups is 1. The lowest BCUT2D eigenvalue weighted by molar-refractivity contribution is -0.141. The Bertz CT molecular complexity index is 1290. The van der Waals surface area contributed by atoms with E-state index < -0.39 is 17.8 Å². The predicted molar refractivity (Wildman–Crippen MR) is 130 cm³/mol. The van der Waals surface area contributed by atoms with E-state index in [9.17, 15) is 18.0 Å². The summed E-state index contributed by atoms with van der Waals surface area (Å²) in [6.45, 7) is 0.776. The number of rotatable bonds is 6. The third-order valence-corrected chi connectivity index (χ3v) is 5.57. The number of nitrogens with one attached hydrogen (secondary N) is 1. The number of hydrogen-bond donors (Lipinski definition) is 2. The molecule has 2 heterocycles. The maximum Gasteiger partial charge on any atom is 0.435 e. The molecule has 0 radical (unpaired) electrons. The number of alkyl halides is 3. The van der Waals surface area contributed by atoms with Gasteiger partial charge in [-0.25, -0.2) is 4.68 Å². The Kier molecular flexibility index (Phi) is 6.74. The average molecular weight is 503 g/mol. The number of carbonyl (C=O) groups excluding carboxylic acids is 1. The Morgan fingerprint density at radius 2 is 1.91 bits per heavy atom. The lowest BCUT2D eigenvalue weighted by Gasteiger charge is -2.18. The van der Waals surface area contributed by atoms with Crippen LogP contribution in [0.4, 0.5) is 24.5 Å². The fraction of sp³-hybridized carbons (Fsp3) is 0.217. The van der Waals surface area contributed by atoms with E-state index in [4.69, 9.17) is 22.8 Å². The number of amidine groups is 1. The van der Waals surface area contributed by atoms with Gasteiger partial charge in [0.05, 0.1) is 5.69 Å². The molecule has 2 aromatic carbocycles. The Morgan fingerprint density at radius 3 is 2.57 bits per heavy atom. The van der Waals surface area contributed by atoms with Gasteiger partial charge in [0.15, 0.2) is 5.69 Å². The van der Waals surface area contributed by atoms with Gasteiger partial charge in [0, 0.05) is 36.0 Å². The maximum absolute atomic E-state index is 13.4. The van der Waals surface area contributed by atoms with E-state index in [1.54, 1.807) is 36.4 Å². The number of nitrogens with two attached hydrogens (primary N) is 1. The fourth-order valence-electron chi connectivity index (χ4n) is 3.73. The number of carbonyl (C=O) groups is 1. The van der Waals surface area contributed by atoms with Gasteiger partial charge in [0.25, 0.3) is 5.91 Å². The molecule has 35 heavy (non-hydrogen) atoms. The molecule has 0 spiro atoms. The molecule has 1 aromatic heterocycles. The highest BCUT2D eigenvalue weighted by Crippen LogP contribution is 2.30. The second-order valence-corrected chi connectivity index (χ2v) is 8.13. The standard InChI is InChI=1S/C23H21F3N6O2S/c1-34-30-20-6-3-11-31(20)16-9-7-15(8-10-16)28-22(33)18-13-19(23(24,25)26)29-32(18)17-5-2-4-14(12-17)21(27)35/h2,4-5,7-10,12-13H,3,6,11H2,1H3,(H2,27,35)(H,28,33)/b30-20-. The molecular formula is C23H21F3N6O2S. The Morgan fingerprint density at radius 1 is 1.17 bits per heavy atom. The minimum atomic E-state index is -4.74. The summed E-state index contributed by atoms with van der Waals surface area (Å²) in [5, 5.41) is 10.3. The Balaban J connectivity index is 1.62. The van der Waals surface area contributed by atoms with Crippen LogP contribution in [0, 0.1) is 0 Å². The summed E-state index contributed by atoms with van der Waals surface area (Å²) in [5.74, 6) is 0.0383. The summed E-state index contributed by atoms with van der Waals surface area (Å²) in [6, 6.07) is 13.8. The molecule has 0 aliphatic carbocycles. The number of aromatic nitrogens is 2. The zero-order valence-corrected chi connectivity index (χ0v) is 19.4. The molecule has 0 unspecified atom stereocenters. The van der Waals surface area contributed by atoms with Crippen LogP contribution in [0.5, 0.6) is 0 Å². The van der Waals surface area contributed by atoms with Crippen LogP contribution >= 0.6 is 12.2 Å². The van der Waals surface area contributed by atoms with Crippen LogP contribution in [-0.2, 0) is 11.0 Å². The quantitative estimate of drug-likeness (QED) is 0.385. The Labute approximate surface area is 204 Å². The van der Waals surface area contributed by atoms with Crippen LogP contribution in [0.2, 0.25) is 0 Å². The number of oxime groups is 1. The van der Waals surface area contributed by atoms with E-state index in [0.717, 1.165) is 35.6 Å². The van der Waals surface area contributed by atoms with E-state index >= 15 is 0 Å². The van der Waals surface area contributed by atoms with E-state index in [0.29, 0.717) is 17.3 Å². The zero-order valence-electron chi connectivity index (χ0n) is 18.5. The lowest BCUT2D eigenvalue weighted by Crippen LogP contribution is -2.24. The van der Waals surface area contributed by atoms with Crippen LogP contribution in [0.1, 0.15) is 34.6 Å². The topological polar surface area (TPSA) is 97.8 Å². The third kappa shape index (κ3) is 5.27. The molecule has 1 aliphatic rings. The minimum Gasteiger partial charge on any atom is -0.398 e. The second kappa shape index (κ2) is 9.74. The van der Waals surface area contributed by atoms with Crippen molar-refractivity contribution in [1.82, 2.24) is 9.78 Å². The highest BCUT2D eigenvalue weighted by atomic mass is 32.1. The van der Waals surface area contributed by atoms with Gasteiger partial charge in [-0.3, -0.25) is 4.79 Å². The summed E-state index contributed by atoms with van der Waals surface area (Å²) in [5.41, 5.74) is 6.06. The SMILES string of the molecule is CO/N=C1/CCCN1c1ccc(NC(=O)c2cc(C(F)(F)F)nn2-c2cccc(C(N)=S)c2)cc1. The molecule has 1 amide bonds. The summed E-state index contributed by atoms with van der Waals surface area (Å²) < 4.78 is 41.1. The third-order valence-electron chi connectivity index (χ3n) is 5.33. The molecule has 0 atom stereocenters.